The second kappa shape index (κ2) is 6.08. The summed E-state index contributed by atoms with van der Waals surface area (Å²) in [6.07, 6.45) is 0.563. The number of anilines is 1. The van der Waals surface area contributed by atoms with E-state index in [1.165, 1.54) is 4.57 Å². The van der Waals surface area contributed by atoms with Crippen molar-refractivity contribution in [3.8, 4) is 0 Å². The maximum atomic E-state index is 12.4. The zero-order chi connectivity index (χ0) is 17.3. The first-order chi connectivity index (χ1) is 11.4. The molecule has 24 heavy (non-hydrogen) atoms. The molecule has 1 aromatic carbocycles. The average Bonchev–Trinajstić information content (AvgIpc) is 2.85. The van der Waals surface area contributed by atoms with E-state index in [0.29, 0.717) is 18.5 Å². The van der Waals surface area contributed by atoms with E-state index in [-0.39, 0.29) is 28.1 Å². The van der Waals surface area contributed by atoms with Crippen molar-refractivity contribution in [1.82, 2.24) is 19.5 Å². The van der Waals surface area contributed by atoms with Crippen molar-refractivity contribution in [2.75, 3.05) is 11.5 Å². The van der Waals surface area contributed by atoms with Crippen LogP contribution in [0.3, 0.4) is 0 Å². The predicted octanol–water partition coefficient (Wildman–Crippen LogP) is 1.57. The topological polar surface area (TPSA) is 131 Å². The van der Waals surface area contributed by atoms with Crippen LogP contribution in [0.1, 0.15) is 18.9 Å². The Balaban J connectivity index is 2.18. The van der Waals surface area contributed by atoms with Gasteiger partial charge >= 0.3 is 5.69 Å². The lowest BCUT2D eigenvalue weighted by Gasteiger charge is -2.07. The molecule has 0 amide bonds. The summed E-state index contributed by atoms with van der Waals surface area (Å²) < 4.78 is 21.8. The molecule has 1 atom stereocenters. The number of nitrogen functional groups attached to an aromatic ring is 1. The van der Waals surface area contributed by atoms with Crippen LogP contribution in [0.25, 0.3) is 11.2 Å². The molecule has 126 valence electrons. The molecule has 3 aromatic rings. The molecule has 0 aliphatic rings. The third-order valence-electron chi connectivity index (χ3n) is 3.60. The van der Waals surface area contributed by atoms with Gasteiger partial charge in [-0.3, -0.25) is 4.57 Å². The molecular formula is C15H18N6O2S. The van der Waals surface area contributed by atoms with Crippen molar-refractivity contribution in [2.24, 2.45) is 0 Å². The van der Waals surface area contributed by atoms with Crippen molar-refractivity contribution in [3.05, 3.63) is 46.4 Å². The lowest BCUT2D eigenvalue weighted by atomic mass is 10.2. The minimum absolute atomic E-state index is 0.0231. The minimum atomic E-state index is -3.14. The van der Waals surface area contributed by atoms with Gasteiger partial charge in [-0.05, 0) is 12.0 Å². The molecule has 3 rings (SSSR count). The number of fused-ring (bicyclic) bond motifs is 1. The van der Waals surface area contributed by atoms with Crippen LogP contribution >= 0.6 is 0 Å². The number of aromatic amines is 1. The monoisotopic (exact) mass is 346 g/mol. The maximum Gasteiger partial charge on any atom is 0.328 e. The van der Waals surface area contributed by atoms with E-state index in [2.05, 4.69) is 15.0 Å². The van der Waals surface area contributed by atoms with Crippen LogP contribution in [0.2, 0.25) is 0 Å². The highest BCUT2D eigenvalue weighted by Crippen LogP contribution is 2.18. The Morgan fingerprint density at radius 1 is 1.29 bits per heavy atom. The normalized spacial score (nSPS) is 13.9. The molecular weight excluding hydrogens is 328 g/mol. The maximum absolute atomic E-state index is 12.4. The zero-order valence-electron chi connectivity index (χ0n) is 13.2. The van der Waals surface area contributed by atoms with E-state index < -0.39 is 9.73 Å². The molecule has 9 heteroatoms. The number of hydrogen-bond donors (Lipinski definition) is 3. The fraction of sp³-hybridized carbons (Fsp3) is 0.267. The zero-order valence-corrected chi connectivity index (χ0v) is 14.0. The van der Waals surface area contributed by atoms with Gasteiger partial charge in [0, 0.05) is 5.75 Å². The number of rotatable bonds is 5. The van der Waals surface area contributed by atoms with Crippen LogP contribution in [0.5, 0.6) is 0 Å². The highest BCUT2D eigenvalue weighted by atomic mass is 32.2. The molecule has 0 bridgehead atoms. The second-order valence-corrected chi connectivity index (χ2v) is 7.60. The van der Waals surface area contributed by atoms with Crippen LogP contribution in [0.15, 0.2) is 40.3 Å². The van der Waals surface area contributed by atoms with Crippen LogP contribution in [-0.2, 0) is 16.3 Å². The summed E-state index contributed by atoms with van der Waals surface area (Å²) in [5.74, 6) is 0.167. The van der Waals surface area contributed by atoms with E-state index in [9.17, 15) is 9.00 Å². The van der Waals surface area contributed by atoms with Crippen molar-refractivity contribution >= 4 is 26.7 Å². The molecule has 0 saturated heterocycles. The van der Waals surface area contributed by atoms with Gasteiger partial charge in [0.25, 0.3) is 0 Å². The summed E-state index contributed by atoms with van der Waals surface area (Å²) in [4.78, 5) is 23.1. The van der Waals surface area contributed by atoms with E-state index >= 15 is 0 Å². The molecule has 2 heterocycles. The number of benzene rings is 1. The van der Waals surface area contributed by atoms with Gasteiger partial charge < -0.3 is 10.7 Å². The van der Waals surface area contributed by atoms with Gasteiger partial charge in [-0.25, -0.2) is 18.8 Å². The SMILES string of the molecule is CCCS(=N)(=O)c1nc(N)c2[nH]c(=O)n(Cc3ccccc3)c2n1. The highest BCUT2D eigenvalue weighted by Gasteiger charge is 2.19. The summed E-state index contributed by atoms with van der Waals surface area (Å²) in [7, 11) is -3.14. The molecule has 0 fully saturated rings. The first-order valence-electron chi connectivity index (χ1n) is 7.49. The predicted molar refractivity (Wildman–Crippen MR) is 92.4 cm³/mol. The molecule has 1 unspecified atom stereocenters. The molecule has 0 spiro atoms. The standard InChI is InChI=1S/C15H18N6O2S/c1-2-8-24(17,23)14-19-12(16)11-13(20-14)21(15(22)18-11)9-10-6-4-3-5-7-10/h3-7,17H,2,8-9H2,1H3,(H,18,22)(H2,16,19,20). The average molecular weight is 346 g/mol. The van der Waals surface area contributed by atoms with Crippen LogP contribution in [-0.4, -0.2) is 29.5 Å². The summed E-state index contributed by atoms with van der Waals surface area (Å²) in [6, 6.07) is 9.42. The summed E-state index contributed by atoms with van der Waals surface area (Å²) in [5.41, 5.74) is 6.99. The summed E-state index contributed by atoms with van der Waals surface area (Å²) in [6.45, 7) is 2.13. The van der Waals surface area contributed by atoms with E-state index in [1.807, 2.05) is 37.3 Å². The Kier molecular flexibility index (Phi) is 4.10. The van der Waals surface area contributed by atoms with Crippen LogP contribution in [0.4, 0.5) is 5.82 Å². The van der Waals surface area contributed by atoms with E-state index in [4.69, 9.17) is 10.5 Å². The highest BCUT2D eigenvalue weighted by molar-refractivity contribution is 7.92. The molecule has 8 nitrogen and oxygen atoms in total. The van der Waals surface area contributed by atoms with Crippen LogP contribution in [0, 0.1) is 4.78 Å². The minimum Gasteiger partial charge on any atom is -0.382 e. The van der Waals surface area contributed by atoms with Crippen molar-refractivity contribution in [2.45, 2.75) is 25.0 Å². The fourth-order valence-electron chi connectivity index (χ4n) is 2.47. The molecule has 0 aliphatic carbocycles. The number of nitrogens with one attached hydrogen (secondary N) is 2. The van der Waals surface area contributed by atoms with Gasteiger partial charge in [0.15, 0.2) is 11.5 Å². The Labute approximate surface area is 138 Å². The number of aromatic nitrogens is 4. The second-order valence-electron chi connectivity index (χ2n) is 5.47. The lowest BCUT2D eigenvalue weighted by molar-refractivity contribution is 0.665. The van der Waals surface area contributed by atoms with Gasteiger partial charge in [0.05, 0.1) is 6.54 Å². The van der Waals surface area contributed by atoms with Gasteiger partial charge in [-0.1, -0.05) is 37.3 Å². The Bertz CT molecular complexity index is 1040. The number of imidazole rings is 1. The Hall–Kier alpha value is -2.68. The number of H-pyrrole nitrogens is 1. The van der Waals surface area contributed by atoms with Crippen molar-refractivity contribution < 1.29 is 4.21 Å². The molecule has 2 aromatic heterocycles. The third-order valence-corrected chi connectivity index (χ3v) is 5.36. The number of hydrogen-bond acceptors (Lipinski definition) is 6. The molecule has 0 radical (unpaired) electrons. The fourth-order valence-corrected chi connectivity index (χ4v) is 3.71. The summed E-state index contributed by atoms with van der Waals surface area (Å²) >= 11 is 0. The van der Waals surface area contributed by atoms with Crippen molar-refractivity contribution in [3.63, 3.8) is 0 Å². The molecule has 0 aliphatic heterocycles. The van der Waals surface area contributed by atoms with Crippen molar-refractivity contribution in [1.29, 1.82) is 4.78 Å². The van der Waals surface area contributed by atoms with Gasteiger partial charge in [0.2, 0.25) is 5.16 Å². The van der Waals surface area contributed by atoms with E-state index in [0.717, 1.165) is 5.56 Å². The number of nitrogens with two attached hydrogens (primary N) is 1. The number of nitrogens with zero attached hydrogens (tertiary/aromatic N) is 3. The Morgan fingerprint density at radius 2 is 2.00 bits per heavy atom. The quantitative estimate of drug-likeness (QED) is 0.604. The smallest absolute Gasteiger partial charge is 0.328 e. The first kappa shape index (κ1) is 16.2. The van der Waals surface area contributed by atoms with Gasteiger partial charge in [-0.15, -0.1) is 0 Å². The third kappa shape index (κ3) is 2.90. The van der Waals surface area contributed by atoms with Crippen LogP contribution < -0.4 is 11.4 Å². The molecule has 4 N–H and O–H groups in total. The van der Waals surface area contributed by atoms with Gasteiger partial charge in [-0.2, -0.15) is 4.98 Å². The largest absolute Gasteiger partial charge is 0.382 e. The molecule has 0 saturated carbocycles. The van der Waals surface area contributed by atoms with E-state index in [1.54, 1.807) is 0 Å². The first-order valence-corrected chi connectivity index (χ1v) is 9.21. The lowest BCUT2D eigenvalue weighted by Crippen LogP contribution is -2.18. The summed E-state index contributed by atoms with van der Waals surface area (Å²) in [5, 5.41) is -0.129. The Morgan fingerprint density at radius 3 is 2.67 bits per heavy atom. The van der Waals surface area contributed by atoms with Gasteiger partial charge in [0.1, 0.15) is 15.2 Å².